The quantitative estimate of drug-likeness (QED) is 0.647. The first-order valence-electron chi connectivity index (χ1n) is 6.37. The van der Waals surface area contributed by atoms with Gasteiger partial charge in [0.25, 0.3) is 0 Å². The SMILES string of the molecule is CC(C(=O)NC1CCCCC1O)C1CNC1. The Morgan fingerprint density at radius 3 is 2.62 bits per heavy atom. The Morgan fingerprint density at radius 2 is 2.06 bits per heavy atom. The van der Waals surface area contributed by atoms with Gasteiger partial charge < -0.3 is 15.7 Å². The zero-order valence-corrected chi connectivity index (χ0v) is 9.91. The summed E-state index contributed by atoms with van der Waals surface area (Å²) in [6.07, 6.45) is 3.59. The van der Waals surface area contributed by atoms with Gasteiger partial charge in [-0.05, 0) is 31.8 Å². The molecule has 0 aromatic rings. The van der Waals surface area contributed by atoms with Crippen molar-refractivity contribution in [1.29, 1.82) is 0 Å². The van der Waals surface area contributed by atoms with Gasteiger partial charge in [0.1, 0.15) is 0 Å². The predicted octanol–water partition coefficient (Wildman–Crippen LogP) is 0.262. The van der Waals surface area contributed by atoms with Crippen molar-refractivity contribution in [2.45, 2.75) is 44.8 Å². The van der Waals surface area contributed by atoms with E-state index in [4.69, 9.17) is 0 Å². The van der Waals surface area contributed by atoms with Crippen molar-refractivity contribution in [1.82, 2.24) is 10.6 Å². The molecule has 1 saturated heterocycles. The highest BCUT2D eigenvalue weighted by Crippen LogP contribution is 2.20. The molecule has 1 saturated carbocycles. The summed E-state index contributed by atoms with van der Waals surface area (Å²) in [6.45, 7) is 3.87. The van der Waals surface area contributed by atoms with Crippen molar-refractivity contribution in [3.63, 3.8) is 0 Å². The van der Waals surface area contributed by atoms with Crippen LogP contribution < -0.4 is 10.6 Å². The smallest absolute Gasteiger partial charge is 0.223 e. The highest BCUT2D eigenvalue weighted by molar-refractivity contribution is 5.79. The maximum Gasteiger partial charge on any atom is 0.223 e. The normalized spacial score (nSPS) is 32.9. The van der Waals surface area contributed by atoms with E-state index in [1.165, 1.54) is 0 Å². The number of hydrogen-bond donors (Lipinski definition) is 3. The second-order valence-electron chi connectivity index (χ2n) is 5.17. The van der Waals surface area contributed by atoms with Gasteiger partial charge in [0.05, 0.1) is 12.1 Å². The Morgan fingerprint density at radius 1 is 1.38 bits per heavy atom. The van der Waals surface area contributed by atoms with Gasteiger partial charge in [-0.1, -0.05) is 19.8 Å². The van der Waals surface area contributed by atoms with Crippen LogP contribution in [0, 0.1) is 11.8 Å². The molecule has 1 heterocycles. The Kier molecular flexibility index (Phi) is 3.82. The van der Waals surface area contributed by atoms with Crippen LogP contribution in [0.25, 0.3) is 0 Å². The lowest BCUT2D eigenvalue weighted by Gasteiger charge is -2.34. The van der Waals surface area contributed by atoms with E-state index in [1.807, 2.05) is 6.92 Å². The summed E-state index contributed by atoms with van der Waals surface area (Å²) in [5, 5.41) is 16.0. The van der Waals surface area contributed by atoms with Gasteiger partial charge >= 0.3 is 0 Å². The fraction of sp³-hybridized carbons (Fsp3) is 0.917. The average Bonchev–Trinajstić information content (AvgIpc) is 2.18. The number of rotatable bonds is 3. The number of amides is 1. The van der Waals surface area contributed by atoms with Crippen molar-refractivity contribution >= 4 is 5.91 Å². The monoisotopic (exact) mass is 226 g/mol. The van der Waals surface area contributed by atoms with E-state index >= 15 is 0 Å². The standard InChI is InChI=1S/C12H22N2O2/c1-8(9-6-13-7-9)12(16)14-10-4-2-3-5-11(10)15/h8-11,13,15H,2-7H2,1H3,(H,14,16). The van der Waals surface area contributed by atoms with Crippen LogP contribution in [0.3, 0.4) is 0 Å². The average molecular weight is 226 g/mol. The minimum atomic E-state index is -0.343. The largest absolute Gasteiger partial charge is 0.391 e. The molecule has 0 aromatic carbocycles. The third-order valence-corrected chi connectivity index (χ3v) is 3.99. The number of hydrogen-bond acceptors (Lipinski definition) is 3. The molecule has 16 heavy (non-hydrogen) atoms. The molecule has 1 aliphatic heterocycles. The zero-order chi connectivity index (χ0) is 11.5. The predicted molar refractivity (Wildman–Crippen MR) is 61.9 cm³/mol. The minimum Gasteiger partial charge on any atom is -0.391 e. The lowest BCUT2D eigenvalue weighted by atomic mass is 9.87. The van der Waals surface area contributed by atoms with E-state index in [0.29, 0.717) is 5.92 Å². The Hall–Kier alpha value is -0.610. The molecule has 0 radical (unpaired) electrons. The molecular formula is C12H22N2O2. The van der Waals surface area contributed by atoms with Crippen molar-refractivity contribution in [2.24, 2.45) is 11.8 Å². The molecule has 4 nitrogen and oxygen atoms in total. The number of nitrogens with one attached hydrogen (secondary N) is 2. The third-order valence-electron chi connectivity index (χ3n) is 3.99. The van der Waals surface area contributed by atoms with Crippen LogP contribution in [-0.4, -0.2) is 36.2 Å². The lowest BCUT2D eigenvalue weighted by molar-refractivity contribution is -0.128. The van der Waals surface area contributed by atoms with E-state index in [2.05, 4.69) is 10.6 Å². The van der Waals surface area contributed by atoms with Crippen molar-refractivity contribution < 1.29 is 9.90 Å². The number of carbonyl (C=O) groups excluding carboxylic acids is 1. The van der Waals surface area contributed by atoms with Gasteiger partial charge in [0, 0.05) is 5.92 Å². The Bertz CT molecular complexity index is 253. The molecule has 2 fully saturated rings. The molecule has 0 spiro atoms. The first-order chi connectivity index (χ1) is 7.68. The first kappa shape index (κ1) is 11.9. The summed E-state index contributed by atoms with van der Waals surface area (Å²) in [5.41, 5.74) is 0. The fourth-order valence-electron chi connectivity index (χ4n) is 2.47. The number of carbonyl (C=O) groups is 1. The molecule has 4 heteroatoms. The van der Waals surface area contributed by atoms with Crippen LogP contribution in [0.5, 0.6) is 0 Å². The maximum absolute atomic E-state index is 11.9. The second kappa shape index (κ2) is 5.15. The molecular weight excluding hydrogens is 204 g/mol. The molecule has 1 aliphatic carbocycles. The highest BCUT2D eigenvalue weighted by atomic mass is 16.3. The molecule has 3 N–H and O–H groups in total. The van der Waals surface area contributed by atoms with Crippen LogP contribution >= 0.6 is 0 Å². The molecule has 3 unspecified atom stereocenters. The fourth-order valence-corrected chi connectivity index (χ4v) is 2.47. The topological polar surface area (TPSA) is 61.4 Å². The molecule has 2 rings (SSSR count). The lowest BCUT2D eigenvalue weighted by Crippen LogP contribution is -2.53. The van der Waals surface area contributed by atoms with Crippen LogP contribution in [0.1, 0.15) is 32.6 Å². The van der Waals surface area contributed by atoms with Crippen LogP contribution in [-0.2, 0) is 4.79 Å². The number of aliphatic hydroxyl groups excluding tert-OH is 1. The van der Waals surface area contributed by atoms with E-state index in [9.17, 15) is 9.90 Å². The third kappa shape index (κ3) is 2.55. The summed E-state index contributed by atoms with van der Waals surface area (Å²) in [5.74, 6) is 0.647. The van der Waals surface area contributed by atoms with Crippen molar-refractivity contribution in [3.05, 3.63) is 0 Å². The summed E-state index contributed by atoms with van der Waals surface area (Å²) in [6, 6.07) is -0.0169. The Labute approximate surface area is 96.8 Å². The van der Waals surface area contributed by atoms with Crippen molar-refractivity contribution in [2.75, 3.05) is 13.1 Å². The molecule has 2 aliphatic rings. The van der Waals surface area contributed by atoms with Gasteiger partial charge in [-0.15, -0.1) is 0 Å². The van der Waals surface area contributed by atoms with Gasteiger partial charge in [-0.2, -0.15) is 0 Å². The van der Waals surface area contributed by atoms with Gasteiger partial charge in [0.2, 0.25) is 5.91 Å². The zero-order valence-electron chi connectivity index (χ0n) is 9.91. The second-order valence-corrected chi connectivity index (χ2v) is 5.17. The molecule has 0 aromatic heterocycles. The summed E-state index contributed by atoms with van der Waals surface area (Å²) in [7, 11) is 0. The minimum absolute atomic E-state index is 0.0169. The van der Waals surface area contributed by atoms with E-state index < -0.39 is 0 Å². The van der Waals surface area contributed by atoms with Gasteiger partial charge in [-0.25, -0.2) is 0 Å². The first-order valence-corrected chi connectivity index (χ1v) is 6.37. The Balaban J connectivity index is 1.80. The molecule has 1 amide bonds. The van der Waals surface area contributed by atoms with Crippen molar-refractivity contribution in [3.8, 4) is 0 Å². The summed E-state index contributed by atoms with van der Waals surface area (Å²) in [4.78, 5) is 11.9. The molecule has 0 bridgehead atoms. The van der Waals surface area contributed by atoms with E-state index in [-0.39, 0.29) is 24.0 Å². The molecule has 3 atom stereocenters. The van der Waals surface area contributed by atoms with Crippen LogP contribution in [0.15, 0.2) is 0 Å². The summed E-state index contributed by atoms with van der Waals surface area (Å²) < 4.78 is 0. The van der Waals surface area contributed by atoms with E-state index in [0.717, 1.165) is 38.8 Å². The van der Waals surface area contributed by atoms with Gasteiger partial charge in [-0.3, -0.25) is 4.79 Å². The van der Waals surface area contributed by atoms with Crippen LogP contribution in [0.4, 0.5) is 0 Å². The van der Waals surface area contributed by atoms with Gasteiger partial charge in [0.15, 0.2) is 0 Å². The van der Waals surface area contributed by atoms with Crippen LogP contribution in [0.2, 0.25) is 0 Å². The number of aliphatic hydroxyl groups is 1. The van der Waals surface area contributed by atoms with E-state index in [1.54, 1.807) is 0 Å². The maximum atomic E-state index is 11.9. The summed E-state index contributed by atoms with van der Waals surface area (Å²) >= 11 is 0. The molecule has 92 valence electrons. The highest BCUT2D eigenvalue weighted by Gasteiger charge is 2.31.